The minimum absolute atomic E-state index is 0.0155. The van der Waals surface area contributed by atoms with Crippen LogP contribution in [0.25, 0.3) is 0 Å². The molecule has 0 bridgehead atoms. The zero-order chi connectivity index (χ0) is 15.7. The zero-order valence-electron chi connectivity index (χ0n) is 11.6. The summed E-state index contributed by atoms with van der Waals surface area (Å²) in [5.41, 5.74) is 0.531. The van der Waals surface area contributed by atoms with Crippen LogP contribution in [0.5, 0.6) is 0 Å². The minimum Gasteiger partial charge on any atom is -0.392 e. The Kier molecular flexibility index (Phi) is 3.94. The molecular formula is C15H15FN2O3S. The van der Waals surface area contributed by atoms with Crippen molar-refractivity contribution in [2.45, 2.75) is 23.5 Å². The Labute approximate surface area is 128 Å². The molecule has 2 aromatic rings. The van der Waals surface area contributed by atoms with Gasteiger partial charge in [0.05, 0.1) is 12.1 Å². The van der Waals surface area contributed by atoms with Crippen LogP contribution in [0.2, 0.25) is 0 Å². The summed E-state index contributed by atoms with van der Waals surface area (Å²) < 4.78 is 40.1. The van der Waals surface area contributed by atoms with E-state index in [0.29, 0.717) is 5.56 Å². The van der Waals surface area contributed by atoms with E-state index in [0.717, 1.165) is 0 Å². The highest BCUT2D eigenvalue weighted by atomic mass is 32.2. The predicted octanol–water partition coefficient (Wildman–Crippen LogP) is 1.72. The van der Waals surface area contributed by atoms with E-state index in [4.69, 9.17) is 0 Å². The minimum atomic E-state index is -3.79. The third-order valence-corrected chi connectivity index (χ3v) is 5.57. The van der Waals surface area contributed by atoms with Crippen LogP contribution in [0.1, 0.15) is 18.0 Å². The summed E-state index contributed by atoms with van der Waals surface area (Å²) in [6.07, 6.45) is 2.22. The van der Waals surface area contributed by atoms with Crippen molar-refractivity contribution in [2.75, 3.05) is 6.54 Å². The zero-order valence-corrected chi connectivity index (χ0v) is 12.4. The Balaban J connectivity index is 2.01. The van der Waals surface area contributed by atoms with Gasteiger partial charge in [-0.25, -0.2) is 12.8 Å². The molecule has 1 aromatic carbocycles. The molecule has 1 aliphatic heterocycles. The second-order valence-electron chi connectivity index (χ2n) is 5.22. The summed E-state index contributed by atoms with van der Waals surface area (Å²) in [4.78, 5) is 3.89. The number of aliphatic hydroxyl groups excluding tert-OH is 1. The topological polar surface area (TPSA) is 70.5 Å². The number of hydrogen-bond acceptors (Lipinski definition) is 4. The van der Waals surface area contributed by atoms with E-state index >= 15 is 0 Å². The Bertz CT molecular complexity index is 767. The van der Waals surface area contributed by atoms with Gasteiger partial charge in [0.15, 0.2) is 0 Å². The van der Waals surface area contributed by atoms with Gasteiger partial charge in [0, 0.05) is 18.9 Å². The van der Waals surface area contributed by atoms with Crippen molar-refractivity contribution < 1.29 is 17.9 Å². The number of benzene rings is 1. The van der Waals surface area contributed by atoms with Gasteiger partial charge in [0.25, 0.3) is 0 Å². The molecule has 0 saturated carbocycles. The van der Waals surface area contributed by atoms with Gasteiger partial charge in [-0.3, -0.25) is 4.98 Å². The maximum Gasteiger partial charge on any atom is 0.245 e. The molecule has 22 heavy (non-hydrogen) atoms. The van der Waals surface area contributed by atoms with Crippen molar-refractivity contribution in [1.29, 1.82) is 0 Å². The summed E-state index contributed by atoms with van der Waals surface area (Å²) in [5, 5.41) is 9.90. The lowest BCUT2D eigenvalue weighted by Gasteiger charge is -2.24. The van der Waals surface area contributed by atoms with Crippen LogP contribution in [0.4, 0.5) is 4.39 Å². The molecule has 1 N–H and O–H groups in total. The van der Waals surface area contributed by atoms with E-state index in [1.807, 2.05) is 0 Å². The first-order chi connectivity index (χ1) is 10.5. The van der Waals surface area contributed by atoms with Crippen molar-refractivity contribution in [1.82, 2.24) is 9.29 Å². The van der Waals surface area contributed by atoms with Gasteiger partial charge in [0.2, 0.25) is 10.0 Å². The molecule has 2 heterocycles. The Morgan fingerprint density at radius 1 is 1.27 bits per heavy atom. The highest BCUT2D eigenvalue weighted by molar-refractivity contribution is 7.89. The number of hydrogen-bond donors (Lipinski definition) is 1. The highest BCUT2D eigenvalue weighted by Gasteiger charge is 2.40. The van der Waals surface area contributed by atoms with Gasteiger partial charge < -0.3 is 5.11 Å². The molecular weight excluding hydrogens is 307 g/mol. The molecule has 0 radical (unpaired) electrons. The standard InChI is InChI=1S/C15H15FN2O3S/c16-12-4-1-3-11(7-12)15-8-13(19)10-18(15)22(20,21)14-5-2-6-17-9-14/h1-7,9,13,15,19H,8,10H2. The smallest absolute Gasteiger partial charge is 0.245 e. The first-order valence-corrected chi connectivity index (χ1v) is 8.28. The number of nitrogens with zero attached hydrogens (tertiary/aromatic N) is 2. The Morgan fingerprint density at radius 2 is 2.09 bits per heavy atom. The van der Waals surface area contributed by atoms with Crippen molar-refractivity contribution in [3.05, 3.63) is 60.2 Å². The lowest BCUT2D eigenvalue weighted by Crippen LogP contribution is -2.32. The van der Waals surface area contributed by atoms with Crippen LogP contribution in [0, 0.1) is 5.82 Å². The number of β-amino-alcohol motifs (C(OH)–C–C–N with tert-alkyl or cyclic N) is 1. The van der Waals surface area contributed by atoms with E-state index in [2.05, 4.69) is 4.98 Å². The summed E-state index contributed by atoms with van der Waals surface area (Å²) in [7, 11) is -3.79. The van der Waals surface area contributed by atoms with Crippen molar-refractivity contribution in [3.8, 4) is 0 Å². The van der Waals surface area contributed by atoms with Crippen molar-refractivity contribution in [3.63, 3.8) is 0 Å². The van der Waals surface area contributed by atoms with E-state index < -0.39 is 28.0 Å². The molecule has 1 aromatic heterocycles. The van der Waals surface area contributed by atoms with E-state index in [9.17, 15) is 17.9 Å². The summed E-state index contributed by atoms with van der Waals surface area (Å²) in [5.74, 6) is -0.433. The van der Waals surface area contributed by atoms with Crippen LogP contribution in [-0.2, 0) is 10.0 Å². The number of sulfonamides is 1. The van der Waals surface area contributed by atoms with Crippen LogP contribution < -0.4 is 0 Å². The maximum absolute atomic E-state index is 13.4. The summed E-state index contributed by atoms with van der Waals surface area (Å²) >= 11 is 0. The lowest BCUT2D eigenvalue weighted by molar-refractivity contribution is 0.188. The fourth-order valence-corrected chi connectivity index (χ4v) is 4.33. The molecule has 116 valence electrons. The van der Waals surface area contributed by atoms with Crippen LogP contribution in [0.15, 0.2) is 53.7 Å². The Hall–Kier alpha value is -1.83. The maximum atomic E-state index is 13.4. The monoisotopic (exact) mass is 322 g/mol. The second kappa shape index (κ2) is 5.75. The van der Waals surface area contributed by atoms with Crippen molar-refractivity contribution in [2.24, 2.45) is 0 Å². The second-order valence-corrected chi connectivity index (χ2v) is 7.11. The fraction of sp³-hybridized carbons (Fsp3) is 0.267. The van der Waals surface area contributed by atoms with Gasteiger partial charge >= 0.3 is 0 Å². The number of pyridine rings is 1. The third-order valence-electron chi connectivity index (χ3n) is 3.71. The van der Waals surface area contributed by atoms with Crippen LogP contribution >= 0.6 is 0 Å². The van der Waals surface area contributed by atoms with Gasteiger partial charge in [-0.05, 0) is 36.2 Å². The first kappa shape index (κ1) is 15.1. The molecule has 2 atom stereocenters. The molecule has 0 aliphatic carbocycles. The molecule has 1 saturated heterocycles. The van der Waals surface area contributed by atoms with E-state index in [1.165, 1.54) is 47.0 Å². The molecule has 1 fully saturated rings. The van der Waals surface area contributed by atoms with Crippen LogP contribution in [0.3, 0.4) is 0 Å². The third kappa shape index (κ3) is 2.75. The number of aromatic nitrogens is 1. The van der Waals surface area contributed by atoms with Gasteiger partial charge in [-0.2, -0.15) is 4.31 Å². The average Bonchev–Trinajstić information content (AvgIpc) is 2.91. The highest BCUT2D eigenvalue weighted by Crippen LogP contribution is 2.36. The predicted molar refractivity (Wildman–Crippen MR) is 77.9 cm³/mol. The number of halogens is 1. The first-order valence-electron chi connectivity index (χ1n) is 6.84. The Morgan fingerprint density at radius 3 is 2.77 bits per heavy atom. The fourth-order valence-electron chi connectivity index (χ4n) is 2.70. The molecule has 7 heteroatoms. The van der Waals surface area contributed by atoms with Crippen molar-refractivity contribution >= 4 is 10.0 Å². The molecule has 2 unspecified atom stereocenters. The summed E-state index contributed by atoms with van der Waals surface area (Å²) in [6.45, 7) is -0.0155. The largest absolute Gasteiger partial charge is 0.392 e. The normalized spacial score (nSPS) is 22.8. The molecule has 1 aliphatic rings. The van der Waals surface area contributed by atoms with Gasteiger partial charge in [0.1, 0.15) is 10.7 Å². The van der Waals surface area contributed by atoms with E-state index in [-0.39, 0.29) is 17.9 Å². The average molecular weight is 322 g/mol. The van der Waals surface area contributed by atoms with E-state index in [1.54, 1.807) is 6.07 Å². The van der Waals surface area contributed by atoms with Gasteiger partial charge in [-0.1, -0.05) is 12.1 Å². The summed E-state index contributed by atoms with van der Waals surface area (Å²) in [6, 6.07) is 8.20. The lowest BCUT2D eigenvalue weighted by atomic mass is 10.0. The SMILES string of the molecule is O=S(=O)(c1cccnc1)N1CC(O)CC1c1cccc(F)c1. The number of rotatable bonds is 3. The molecule has 3 rings (SSSR count). The molecule has 0 spiro atoms. The quantitative estimate of drug-likeness (QED) is 0.934. The van der Waals surface area contributed by atoms with Gasteiger partial charge in [-0.15, -0.1) is 0 Å². The number of aliphatic hydroxyl groups is 1. The molecule has 5 nitrogen and oxygen atoms in total. The molecule has 0 amide bonds. The van der Waals surface area contributed by atoms with Crippen LogP contribution in [-0.4, -0.2) is 35.5 Å².